The Bertz CT molecular complexity index is 610. The first kappa shape index (κ1) is 21.8. The molecule has 144 valence electrons. The lowest BCUT2D eigenvalue weighted by molar-refractivity contribution is -0.178. The number of ether oxygens (including phenoxy) is 2. The first-order valence-electron chi connectivity index (χ1n) is 8.59. The summed E-state index contributed by atoms with van der Waals surface area (Å²) < 4.78 is 10.3. The van der Waals surface area contributed by atoms with Crippen molar-refractivity contribution in [2.75, 3.05) is 6.54 Å². The van der Waals surface area contributed by atoms with Gasteiger partial charge in [0.15, 0.2) is 0 Å². The smallest absolute Gasteiger partial charge is 0.355 e. The molecule has 1 aromatic rings. The molecule has 0 spiro atoms. The van der Waals surface area contributed by atoms with Crippen LogP contribution in [-0.4, -0.2) is 42.0 Å². The van der Waals surface area contributed by atoms with Crippen LogP contribution >= 0.6 is 0 Å². The van der Waals surface area contributed by atoms with E-state index in [1.807, 2.05) is 30.3 Å². The number of ketones is 1. The van der Waals surface area contributed by atoms with E-state index in [0.29, 0.717) is 13.0 Å². The number of nitrogens with two attached hydrogens (primary N) is 2. The second kappa shape index (κ2) is 10.0. The van der Waals surface area contributed by atoms with Crippen LogP contribution in [0.5, 0.6) is 0 Å². The van der Waals surface area contributed by atoms with Gasteiger partial charge in [0.05, 0.1) is 6.04 Å². The standard InChI is InChI=1S/C19H28N2O5/c1-19(2,3)26-18(24)17(25-15(22)10-7-11-20)16(23)14(21)12-13-8-5-4-6-9-13/h4-6,8-9,14,17H,7,10-12,20-21H2,1-3H3/t14-,17?/m0/s1. The second-order valence-corrected chi connectivity index (χ2v) is 6.99. The third-order valence-corrected chi connectivity index (χ3v) is 3.38. The van der Waals surface area contributed by atoms with E-state index in [9.17, 15) is 14.4 Å². The number of carbonyl (C=O) groups is 3. The second-order valence-electron chi connectivity index (χ2n) is 6.99. The lowest BCUT2D eigenvalue weighted by Crippen LogP contribution is -2.48. The summed E-state index contributed by atoms with van der Waals surface area (Å²) in [6.45, 7) is 5.28. The van der Waals surface area contributed by atoms with Crippen LogP contribution in [0.1, 0.15) is 39.2 Å². The average molecular weight is 364 g/mol. The van der Waals surface area contributed by atoms with Gasteiger partial charge >= 0.3 is 11.9 Å². The highest BCUT2D eigenvalue weighted by atomic mass is 16.6. The molecule has 0 radical (unpaired) electrons. The lowest BCUT2D eigenvalue weighted by atomic mass is 10.00. The Hall–Kier alpha value is -2.25. The molecule has 2 atom stereocenters. The van der Waals surface area contributed by atoms with Crippen LogP contribution in [0.25, 0.3) is 0 Å². The van der Waals surface area contributed by atoms with Gasteiger partial charge in [-0.25, -0.2) is 4.79 Å². The molecule has 0 fully saturated rings. The molecule has 4 N–H and O–H groups in total. The van der Waals surface area contributed by atoms with Crippen LogP contribution in [0.2, 0.25) is 0 Å². The van der Waals surface area contributed by atoms with Crippen molar-refractivity contribution in [1.29, 1.82) is 0 Å². The Labute approximate surface area is 154 Å². The van der Waals surface area contributed by atoms with E-state index in [1.165, 1.54) is 0 Å². The molecule has 0 aliphatic carbocycles. The highest BCUT2D eigenvalue weighted by Gasteiger charge is 2.37. The van der Waals surface area contributed by atoms with Crippen LogP contribution < -0.4 is 11.5 Å². The summed E-state index contributed by atoms with van der Waals surface area (Å²) in [7, 11) is 0. The number of benzene rings is 1. The van der Waals surface area contributed by atoms with Gasteiger partial charge in [-0.1, -0.05) is 30.3 Å². The van der Waals surface area contributed by atoms with Crippen molar-refractivity contribution in [2.24, 2.45) is 11.5 Å². The summed E-state index contributed by atoms with van der Waals surface area (Å²) in [6.07, 6.45) is -1.06. The van der Waals surface area contributed by atoms with Crippen molar-refractivity contribution in [3.05, 3.63) is 35.9 Å². The predicted molar refractivity (Wildman–Crippen MR) is 97.1 cm³/mol. The first-order valence-corrected chi connectivity index (χ1v) is 8.59. The van der Waals surface area contributed by atoms with E-state index in [2.05, 4.69) is 0 Å². The molecule has 7 heteroatoms. The summed E-state index contributed by atoms with van der Waals surface area (Å²) in [5, 5.41) is 0. The quantitative estimate of drug-likeness (QED) is 0.497. The van der Waals surface area contributed by atoms with Crippen LogP contribution in [0.4, 0.5) is 0 Å². The highest BCUT2D eigenvalue weighted by molar-refractivity contribution is 6.06. The zero-order chi connectivity index (χ0) is 19.7. The van der Waals surface area contributed by atoms with Gasteiger partial charge in [-0.2, -0.15) is 0 Å². The highest BCUT2D eigenvalue weighted by Crippen LogP contribution is 2.13. The van der Waals surface area contributed by atoms with Gasteiger partial charge in [0.25, 0.3) is 6.10 Å². The van der Waals surface area contributed by atoms with Gasteiger partial charge in [0, 0.05) is 6.42 Å². The molecule has 0 aliphatic rings. The van der Waals surface area contributed by atoms with Gasteiger partial charge in [0.1, 0.15) is 5.60 Å². The normalized spacial score (nSPS) is 13.6. The summed E-state index contributed by atoms with van der Waals surface area (Å²) in [5.74, 6) is -2.30. The number of carbonyl (C=O) groups excluding carboxylic acids is 3. The average Bonchev–Trinajstić information content (AvgIpc) is 2.56. The molecule has 0 saturated carbocycles. The van der Waals surface area contributed by atoms with Crippen molar-refractivity contribution < 1.29 is 23.9 Å². The monoisotopic (exact) mass is 364 g/mol. The minimum absolute atomic E-state index is 0.0109. The van der Waals surface area contributed by atoms with E-state index in [0.717, 1.165) is 5.56 Å². The number of rotatable bonds is 9. The Balaban J connectivity index is 2.88. The van der Waals surface area contributed by atoms with Crippen molar-refractivity contribution in [3.8, 4) is 0 Å². The minimum Gasteiger partial charge on any atom is -0.457 e. The number of hydrogen-bond acceptors (Lipinski definition) is 7. The number of Topliss-reactive ketones (excluding diaryl/α,β-unsaturated/α-hetero) is 1. The molecule has 1 rings (SSSR count). The van der Waals surface area contributed by atoms with Crippen molar-refractivity contribution in [1.82, 2.24) is 0 Å². The Morgan fingerprint density at radius 1 is 1.12 bits per heavy atom. The van der Waals surface area contributed by atoms with Gasteiger partial charge < -0.3 is 20.9 Å². The van der Waals surface area contributed by atoms with E-state index in [-0.39, 0.29) is 12.8 Å². The third-order valence-electron chi connectivity index (χ3n) is 3.38. The van der Waals surface area contributed by atoms with E-state index >= 15 is 0 Å². The molecule has 0 bridgehead atoms. The Kier molecular flexibility index (Phi) is 8.41. The maximum absolute atomic E-state index is 12.7. The van der Waals surface area contributed by atoms with Crippen molar-refractivity contribution in [2.45, 2.75) is 57.8 Å². The van der Waals surface area contributed by atoms with Crippen LogP contribution in [0.3, 0.4) is 0 Å². The van der Waals surface area contributed by atoms with Gasteiger partial charge in [-0.15, -0.1) is 0 Å². The summed E-state index contributed by atoms with van der Waals surface area (Å²) in [4.78, 5) is 36.9. The van der Waals surface area contributed by atoms with E-state index in [1.54, 1.807) is 20.8 Å². The summed E-state index contributed by atoms with van der Waals surface area (Å²) >= 11 is 0. The molecule has 0 aromatic heterocycles. The number of hydrogen-bond donors (Lipinski definition) is 2. The van der Waals surface area contributed by atoms with Gasteiger partial charge in [0.2, 0.25) is 5.78 Å². The van der Waals surface area contributed by atoms with Crippen LogP contribution in [0.15, 0.2) is 30.3 Å². The number of esters is 2. The fourth-order valence-electron chi connectivity index (χ4n) is 2.18. The largest absolute Gasteiger partial charge is 0.457 e. The minimum atomic E-state index is -1.68. The molecule has 0 saturated heterocycles. The topological polar surface area (TPSA) is 122 Å². The first-order chi connectivity index (χ1) is 12.1. The lowest BCUT2D eigenvalue weighted by Gasteiger charge is -2.24. The Morgan fingerprint density at radius 3 is 2.27 bits per heavy atom. The molecule has 1 unspecified atom stereocenters. The molecular weight excluding hydrogens is 336 g/mol. The zero-order valence-corrected chi connectivity index (χ0v) is 15.6. The fraction of sp³-hybridized carbons (Fsp3) is 0.526. The molecule has 0 heterocycles. The van der Waals surface area contributed by atoms with E-state index in [4.69, 9.17) is 20.9 Å². The SMILES string of the molecule is CC(C)(C)OC(=O)C(OC(=O)CCCN)C(=O)[C@@H](N)Cc1ccccc1. The Morgan fingerprint density at radius 2 is 1.73 bits per heavy atom. The van der Waals surface area contributed by atoms with Crippen LogP contribution in [0, 0.1) is 0 Å². The van der Waals surface area contributed by atoms with Gasteiger partial charge in [-0.05, 0) is 45.7 Å². The summed E-state index contributed by atoms with van der Waals surface area (Å²) in [5.41, 5.74) is 11.3. The predicted octanol–water partition coefficient (Wildman–Crippen LogP) is 1.12. The molecular formula is C19H28N2O5. The maximum Gasteiger partial charge on any atom is 0.355 e. The summed E-state index contributed by atoms with van der Waals surface area (Å²) in [6, 6.07) is 8.14. The zero-order valence-electron chi connectivity index (χ0n) is 15.6. The molecule has 7 nitrogen and oxygen atoms in total. The van der Waals surface area contributed by atoms with Crippen molar-refractivity contribution in [3.63, 3.8) is 0 Å². The third kappa shape index (κ3) is 7.76. The van der Waals surface area contributed by atoms with Gasteiger partial charge in [-0.3, -0.25) is 9.59 Å². The molecule has 0 amide bonds. The fourth-order valence-corrected chi connectivity index (χ4v) is 2.18. The molecule has 1 aromatic carbocycles. The van der Waals surface area contributed by atoms with Crippen molar-refractivity contribution >= 4 is 17.7 Å². The molecule has 26 heavy (non-hydrogen) atoms. The van der Waals surface area contributed by atoms with Crippen LogP contribution in [-0.2, 0) is 30.3 Å². The molecule has 0 aliphatic heterocycles. The van der Waals surface area contributed by atoms with E-state index < -0.39 is 35.5 Å². The maximum atomic E-state index is 12.7.